The van der Waals surface area contributed by atoms with Gasteiger partial charge in [0.25, 0.3) is 0 Å². The molecule has 4 nitrogen and oxygen atoms in total. The Balaban J connectivity index is 1.86. The molecule has 1 heterocycles. The minimum atomic E-state index is 0.0524. The molecule has 1 aliphatic heterocycles. The number of carbonyl (C=O) groups excluding carboxylic acids is 1. The van der Waals surface area contributed by atoms with Gasteiger partial charge in [-0.2, -0.15) is 11.8 Å². The molecule has 0 spiro atoms. The first-order chi connectivity index (χ1) is 11.2. The summed E-state index contributed by atoms with van der Waals surface area (Å²) >= 11 is 1.79. The van der Waals surface area contributed by atoms with E-state index in [1.54, 1.807) is 11.8 Å². The molecule has 0 bridgehead atoms. The van der Waals surface area contributed by atoms with E-state index in [1.165, 1.54) is 5.56 Å². The van der Waals surface area contributed by atoms with E-state index in [9.17, 15) is 9.90 Å². The van der Waals surface area contributed by atoms with E-state index in [-0.39, 0.29) is 24.5 Å². The lowest BCUT2D eigenvalue weighted by Crippen LogP contribution is -2.53. The predicted octanol–water partition coefficient (Wildman–Crippen LogP) is 2.13. The third-order valence-corrected chi connectivity index (χ3v) is 5.25. The van der Waals surface area contributed by atoms with Crippen molar-refractivity contribution in [2.45, 2.75) is 32.4 Å². The van der Waals surface area contributed by atoms with Crippen LogP contribution in [0.4, 0.5) is 0 Å². The zero-order chi connectivity index (χ0) is 16.5. The van der Waals surface area contributed by atoms with Crippen LogP contribution in [0.15, 0.2) is 30.3 Å². The van der Waals surface area contributed by atoms with Crippen LogP contribution in [-0.2, 0) is 11.3 Å². The molecule has 2 unspecified atom stereocenters. The zero-order valence-electron chi connectivity index (χ0n) is 13.9. The number of nitrogens with zero attached hydrogens (tertiary/aromatic N) is 1. The van der Waals surface area contributed by atoms with Crippen LogP contribution in [0.5, 0.6) is 0 Å². The normalized spacial score (nSPS) is 22.0. The van der Waals surface area contributed by atoms with E-state index < -0.39 is 0 Å². The van der Waals surface area contributed by atoms with Crippen LogP contribution >= 0.6 is 11.8 Å². The first-order valence-electron chi connectivity index (χ1n) is 8.47. The molecule has 0 aromatic heterocycles. The number of piperidine rings is 1. The number of hydrogen-bond acceptors (Lipinski definition) is 4. The molecule has 2 N–H and O–H groups in total. The summed E-state index contributed by atoms with van der Waals surface area (Å²) in [5.74, 6) is 2.19. The number of aliphatic hydroxyl groups is 1. The smallest absolute Gasteiger partial charge is 0.221 e. The summed E-state index contributed by atoms with van der Waals surface area (Å²) in [6.07, 6.45) is 1.49. The fraction of sp³-hybridized carbons (Fsp3) is 0.611. The summed E-state index contributed by atoms with van der Waals surface area (Å²) in [6, 6.07) is 10.5. The van der Waals surface area contributed by atoms with Crippen molar-refractivity contribution >= 4 is 17.7 Å². The SMILES string of the molecule is CCSCCC(=O)NC1CN(Cc2ccccc2)CCC1CO. The van der Waals surface area contributed by atoms with Crippen LogP contribution in [0.2, 0.25) is 0 Å². The van der Waals surface area contributed by atoms with Gasteiger partial charge in [0.1, 0.15) is 0 Å². The quantitative estimate of drug-likeness (QED) is 0.714. The molecule has 1 fully saturated rings. The van der Waals surface area contributed by atoms with Crippen LogP contribution in [0, 0.1) is 5.92 Å². The van der Waals surface area contributed by atoms with Gasteiger partial charge in [-0.05, 0) is 24.3 Å². The molecule has 1 amide bonds. The summed E-state index contributed by atoms with van der Waals surface area (Å²) in [4.78, 5) is 14.5. The molecule has 2 rings (SSSR count). The molecular formula is C18H28N2O2S. The van der Waals surface area contributed by atoms with Crippen LogP contribution in [0.25, 0.3) is 0 Å². The van der Waals surface area contributed by atoms with E-state index >= 15 is 0 Å². The van der Waals surface area contributed by atoms with Gasteiger partial charge in [0.15, 0.2) is 0 Å². The van der Waals surface area contributed by atoms with Crippen molar-refractivity contribution in [3.05, 3.63) is 35.9 Å². The number of hydrogen-bond donors (Lipinski definition) is 2. The molecule has 0 radical (unpaired) electrons. The van der Waals surface area contributed by atoms with Gasteiger partial charge >= 0.3 is 0 Å². The number of amides is 1. The van der Waals surface area contributed by atoms with Crippen LogP contribution in [0.1, 0.15) is 25.3 Å². The second kappa shape index (κ2) is 9.96. The minimum absolute atomic E-state index is 0.0524. The number of aliphatic hydroxyl groups excluding tert-OH is 1. The third kappa shape index (κ3) is 6.16. The van der Waals surface area contributed by atoms with Crippen LogP contribution < -0.4 is 5.32 Å². The van der Waals surface area contributed by atoms with Crippen LogP contribution in [0.3, 0.4) is 0 Å². The van der Waals surface area contributed by atoms with Crippen molar-refractivity contribution < 1.29 is 9.90 Å². The van der Waals surface area contributed by atoms with E-state index in [0.29, 0.717) is 6.42 Å². The Morgan fingerprint density at radius 3 is 2.87 bits per heavy atom. The topological polar surface area (TPSA) is 52.6 Å². The lowest BCUT2D eigenvalue weighted by atomic mass is 9.92. The monoisotopic (exact) mass is 336 g/mol. The predicted molar refractivity (Wildman–Crippen MR) is 96.5 cm³/mol. The Bertz CT molecular complexity index is 469. The van der Waals surface area contributed by atoms with Gasteiger partial charge in [-0.3, -0.25) is 9.69 Å². The number of rotatable bonds is 8. The third-order valence-electron chi connectivity index (χ3n) is 4.35. The molecule has 2 atom stereocenters. The Morgan fingerprint density at radius 1 is 1.39 bits per heavy atom. The van der Waals surface area contributed by atoms with E-state index in [0.717, 1.165) is 37.6 Å². The fourth-order valence-corrected chi connectivity index (χ4v) is 3.64. The summed E-state index contributed by atoms with van der Waals surface area (Å²) in [5, 5.41) is 12.7. The number of carbonyl (C=O) groups is 1. The average molecular weight is 337 g/mol. The number of benzene rings is 1. The van der Waals surface area contributed by atoms with Gasteiger partial charge in [-0.15, -0.1) is 0 Å². The molecule has 5 heteroatoms. The first kappa shape index (κ1) is 18.3. The standard InChI is InChI=1S/C18H28N2O2S/c1-2-23-11-9-18(22)19-17-13-20(10-8-16(17)14-21)12-15-6-4-3-5-7-15/h3-7,16-17,21H,2,8-14H2,1H3,(H,19,22). The van der Waals surface area contributed by atoms with Crippen molar-refractivity contribution in [1.82, 2.24) is 10.2 Å². The second-order valence-corrected chi connectivity index (χ2v) is 7.47. The summed E-state index contributed by atoms with van der Waals surface area (Å²) in [7, 11) is 0. The number of likely N-dealkylation sites (tertiary alicyclic amines) is 1. The molecule has 0 saturated carbocycles. The molecule has 1 aromatic carbocycles. The van der Waals surface area contributed by atoms with Crippen molar-refractivity contribution in [2.75, 3.05) is 31.2 Å². The molecule has 1 aliphatic rings. The van der Waals surface area contributed by atoms with Crippen molar-refractivity contribution in [3.63, 3.8) is 0 Å². The maximum atomic E-state index is 12.1. The minimum Gasteiger partial charge on any atom is -0.396 e. The fourth-order valence-electron chi connectivity index (χ4n) is 3.02. The molecule has 1 aromatic rings. The number of thioether (sulfide) groups is 1. The van der Waals surface area contributed by atoms with Crippen LogP contribution in [-0.4, -0.2) is 53.2 Å². The molecular weight excluding hydrogens is 308 g/mol. The number of nitrogens with one attached hydrogen (secondary N) is 1. The largest absolute Gasteiger partial charge is 0.396 e. The first-order valence-corrected chi connectivity index (χ1v) is 9.62. The Hall–Kier alpha value is -1.04. The maximum absolute atomic E-state index is 12.1. The van der Waals surface area contributed by atoms with Gasteiger partial charge in [0, 0.05) is 43.8 Å². The average Bonchev–Trinajstić information content (AvgIpc) is 2.56. The molecule has 128 valence electrons. The lowest BCUT2D eigenvalue weighted by molar-refractivity contribution is -0.122. The van der Waals surface area contributed by atoms with Gasteiger partial charge in [0.2, 0.25) is 5.91 Å². The molecule has 0 aliphatic carbocycles. The summed E-state index contributed by atoms with van der Waals surface area (Å²) in [6.45, 7) is 4.93. The second-order valence-electron chi connectivity index (χ2n) is 6.07. The Kier molecular flexibility index (Phi) is 7.92. The highest BCUT2D eigenvalue weighted by Gasteiger charge is 2.29. The van der Waals surface area contributed by atoms with E-state index in [1.807, 2.05) is 6.07 Å². The maximum Gasteiger partial charge on any atom is 0.221 e. The van der Waals surface area contributed by atoms with Crippen molar-refractivity contribution in [2.24, 2.45) is 5.92 Å². The summed E-state index contributed by atoms with van der Waals surface area (Å²) < 4.78 is 0. The highest BCUT2D eigenvalue weighted by Crippen LogP contribution is 2.19. The lowest BCUT2D eigenvalue weighted by Gasteiger charge is -2.38. The zero-order valence-corrected chi connectivity index (χ0v) is 14.7. The van der Waals surface area contributed by atoms with Crippen molar-refractivity contribution in [3.8, 4) is 0 Å². The highest BCUT2D eigenvalue weighted by atomic mass is 32.2. The van der Waals surface area contributed by atoms with Crippen molar-refractivity contribution in [1.29, 1.82) is 0 Å². The molecule has 23 heavy (non-hydrogen) atoms. The van der Waals surface area contributed by atoms with E-state index in [4.69, 9.17) is 0 Å². The van der Waals surface area contributed by atoms with Gasteiger partial charge in [-0.25, -0.2) is 0 Å². The Morgan fingerprint density at radius 2 is 2.17 bits per heavy atom. The summed E-state index contributed by atoms with van der Waals surface area (Å²) in [5.41, 5.74) is 1.29. The Labute approximate surface area is 143 Å². The molecule has 1 saturated heterocycles. The van der Waals surface area contributed by atoms with Gasteiger partial charge < -0.3 is 10.4 Å². The van der Waals surface area contributed by atoms with Gasteiger partial charge in [0.05, 0.1) is 0 Å². The van der Waals surface area contributed by atoms with Gasteiger partial charge in [-0.1, -0.05) is 37.3 Å². The highest BCUT2D eigenvalue weighted by molar-refractivity contribution is 7.99. The van der Waals surface area contributed by atoms with E-state index in [2.05, 4.69) is 41.4 Å².